The summed E-state index contributed by atoms with van der Waals surface area (Å²) in [5, 5.41) is 10.3. The Morgan fingerprint density at radius 1 is 1.53 bits per heavy atom. The number of nitrogens with two attached hydrogens (primary N) is 1. The summed E-state index contributed by atoms with van der Waals surface area (Å²) in [4.78, 5) is 15.6. The van der Waals surface area contributed by atoms with Crippen molar-refractivity contribution < 1.29 is 4.79 Å². The van der Waals surface area contributed by atoms with Crippen LogP contribution in [0.3, 0.4) is 0 Å². The predicted octanol–water partition coefficient (Wildman–Crippen LogP) is -0.278. The van der Waals surface area contributed by atoms with Crippen molar-refractivity contribution in [3.05, 3.63) is 36.2 Å². The molecule has 7 heteroatoms. The molecule has 0 fully saturated rings. The van der Waals surface area contributed by atoms with E-state index in [1.807, 2.05) is 7.05 Å². The van der Waals surface area contributed by atoms with Crippen molar-refractivity contribution in [2.75, 3.05) is 5.73 Å². The Bertz CT molecular complexity index is 518. The Labute approximate surface area is 97.7 Å². The third-order valence-corrected chi connectivity index (χ3v) is 2.23. The van der Waals surface area contributed by atoms with Gasteiger partial charge in [0.15, 0.2) is 5.82 Å². The molecule has 0 atom stereocenters. The third kappa shape index (κ3) is 2.57. The monoisotopic (exact) mass is 232 g/mol. The van der Waals surface area contributed by atoms with Gasteiger partial charge < -0.3 is 15.6 Å². The number of pyridine rings is 1. The van der Waals surface area contributed by atoms with Crippen molar-refractivity contribution in [2.24, 2.45) is 7.05 Å². The van der Waals surface area contributed by atoms with Gasteiger partial charge in [-0.2, -0.15) is 0 Å². The van der Waals surface area contributed by atoms with Crippen LogP contribution in [0.4, 0.5) is 5.69 Å². The summed E-state index contributed by atoms with van der Waals surface area (Å²) in [6.45, 7) is 0.307. The Balaban J connectivity index is 1.98. The lowest BCUT2D eigenvalue weighted by atomic mass is 10.3. The number of nitrogen functional groups attached to an aromatic ring is 1. The molecule has 7 nitrogen and oxygen atoms in total. The van der Waals surface area contributed by atoms with Gasteiger partial charge in [0.2, 0.25) is 0 Å². The maximum absolute atomic E-state index is 11.7. The SMILES string of the molecule is Cn1cnnc1CNC(=O)c1ccc(N)cn1. The van der Waals surface area contributed by atoms with E-state index in [4.69, 9.17) is 5.73 Å². The molecule has 0 unspecified atom stereocenters. The van der Waals surface area contributed by atoms with Crippen LogP contribution in [-0.2, 0) is 13.6 Å². The fourth-order valence-electron chi connectivity index (χ4n) is 1.26. The van der Waals surface area contributed by atoms with Gasteiger partial charge >= 0.3 is 0 Å². The molecule has 2 aromatic heterocycles. The van der Waals surface area contributed by atoms with Crippen molar-refractivity contribution in [1.29, 1.82) is 0 Å². The summed E-state index contributed by atoms with van der Waals surface area (Å²) in [7, 11) is 1.81. The van der Waals surface area contributed by atoms with Gasteiger partial charge in [-0.05, 0) is 12.1 Å². The molecule has 0 radical (unpaired) electrons. The fraction of sp³-hybridized carbons (Fsp3) is 0.200. The van der Waals surface area contributed by atoms with Crippen LogP contribution in [0.15, 0.2) is 24.7 Å². The van der Waals surface area contributed by atoms with Crippen LogP contribution in [0.2, 0.25) is 0 Å². The zero-order valence-electron chi connectivity index (χ0n) is 9.29. The van der Waals surface area contributed by atoms with Crippen LogP contribution in [0.1, 0.15) is 16.3 Å². The summed E-state index contributed by atoms with van der Waals surface area (Å²) in [5.74, 6) is 0.404. The number of aryl methyl sites for hydroxylation is 1. The van der Waals surface area contributed by atoms with Crippen molar-refractivity contribution in [3.8, 4) is 0 Å². The molecular weight excluding hydrogens is 220 g/mol. The Kier molecular flexibility index (Phi) is 2.99. The molecule has 2 aromatic rings. The zero-order valence-corrected chi connectivity index (χ0v) is 9.29. The first-order valence-electron chi connectivity index (χ1n) is 4.99. The lowest BCUT2D eigenvalue weighted by Crippen LogP contribution is -2.25. The molecule has 0 spiro atoms. The largest absolute Gasteiger partial charge is 0.397 e. The molecule has 0 aliphatic rings. The van der Waals surface area contributed by atoms with Gasteiger partial charge in [0.1, 0.15) is 12.0 Å². The van der Waals surface area contributed by atoms with Gasteiger partial charge in [0.05, 0.1) is 18.4 Å². The highest BCUT2D eigenvalue weighted by molar-refractivity contribution is 5.92. The second-order valence-electron chi connectivity index (χ2n) is 3.52. The molecule has 0 saturated carbocycles. The second kappa shape index (κ2) is 4.60. The Morgan fingerprint density at radius 2 is 2.35 bits per heavy atom. The number of carbonyl (C=O) groups is 1. The molecule has 0 aromatic carbocycles. The maximum Gasteiger partial charge on any atom is 0.270 e. The standard InChI is InChI=1S/C10H12N6O/c1-16-6-14-15-9(16)5-13-10(17)8-3-2-7(11)4-12-8/h2-4,6H,5,11H2,1H3,(H,13,17). The first kappa shape index (κ1) is 11.1. The molecular formula is C10H12N6O. The zero-order chi connectivity index (χ0) is 12.3. The number of rotatable bonds is 3. The van der Waals surface area contributed by atoms with Gasteiger partial charge in [0, 0.05) is 7.05 Å². The third-order valence-electron chi connectivity index (χ3n) is 2.23. The summed E-state index contributed by atoms with van der Waals surface area (Å²) in [6, 6.07) is 3.20. The number of hydrogen-bond donors (Lipinski definition) is 2. The number of nitrogens with one attached hydrogen (secondary N) is 1. The lowest BCUT2D eigenvalue weighted by Gasteiger charge is -2.04. The van der Waals surface area contributed by atoms with E-state index in [0.717, 1.165) is 0 Å². The summed E-state index contributed by atoms with van der Waals surface area (Å²) in [5.41, 5.74) is 6.33. The van der Waals surface area contributed by atoms with E-state index in [9.17, 15) is 4.79 Å². The van der Waals surface area contributed by atoms with Crippen molar-refractivity contribution >= 4 is 11.6 Å². The summed E-state index contributed by atoms with van der Waals surface area (Å²) < 4.78 is 1.73. The molecule has 17 heavy (non-hydrogen) atoms. The minimum Gasteiger partial charge on any atom is -0.397 e. The molecule has 88 valence electrons. The van der Waals surface area contributed by atoms with E-state index in [2.05, 4.69) is 20.5 Å². The van der Waals surface area contributed by atoms with Crippen LogP contribution >= 0.6 is 0 Å². The highest BCUT2D eigenvalue weighted by atomic mass is 16.1. The van der Waals surface area contributed by atoms with Crippen molar-refractivity contribution in [2.45, 2.75) is 6.54 Å². The molecule has 0 saturated heterocycles. The molecule has 0 bridgehead atoms. The van der Waals surface area contributed by atoms with Crippen LogP contribution in [0.5, 0.6) is 0 Å². The Hall–Kier alpha value is -2.44. The molecule has 0 aliphatic carbocycles. The molecule has 3 N–H and O–H groups in total. The number of amides is 1. The number of anilines is 1. The van der Waals surface area contributed by atoms with Crippen LogP contribution in [0.25, 0.3) is 0 Å². The van der Waals surface area contributed by atoms with E-state index in [1.54, 1.807) is 23.0 Å². The highest BCUT2D eigenvalue weighted by Crippen LogP contribution is 2.01. The first-order chi connectivity index (χ1) is 8.16. The van der Waals surface area contributed by atoms with Gasteiger partial charge in [-0.15, -0.1) is 10.2 Å². The van der Waals surface area contributed by atoms with Gasteiger partial charge in [0.25, 0.3) is 5.91 Å². The Morgan fingerprint density at radius 3 is 2.94 bits per heavy atom. The topological polar surface area (TPSA) is 98.7 Å². The van der Waals surface area contributed by atoms with E-state index in [0.29, 0.717) is 23.8 Å². The molecule has 1 amide bonds. The normalized spacial score (nSPS) is 10.2. The summed E-state index contributed by atoms with van der Waals surface area (Å²) in [6.07, 6.45) is 3.01. The first-order valence-corrected chi connectivity index (χ1v) is 4.99. The van der Waals surface area contributed by atoms with Crippen molar-refractivity contribution in [1.82, 2.24) is 25.1 Å². The average Bonchev–Trinajstić information content (AvgIpc) is 2.73. The quantitative estimate of drug-likeness (QED) is 0.758. The van der Waals surface area contributed by atoms with E-state index in [-0.39, 0.29) is 5.91 Å². The maximum atomic E-state index is 11.7. The highest BCUT2D eigenvalue weighted by Gasteiger charge is 2.08. The van der Waals surface area contributed by atoms with Crippen molar-refractivity contribution in [3.63, 3.8) is 0 Å². The number of nitrogens with zero attached hydrogens (tertiary/aromatic N) is 4. The van der Waals surface area contributed by atoms with Gasteiger partial charge in [-0.25, -0.2) is 4.98 Å². The van der Waals surface area contributed by atoms with Gasteiger partial charge in [-0.1, -0.05) is 0 Å². The number of carbonyl (C=O) groups excluding carboxylic acids is 1. The van der Waals surface area contributed by atoms with Crippen LogP contribution in [0, 0.1) is 0 Å². The number of aromatic nitrogens is 4. The average molecular weight is 232 g/mol. The van der Waals surface area contributed by atoms with Crippen LogP contribution in [-0.4, -0.2) is 25.7 Å². The predicted molar refractivity (Wildman–Crippen MR) is 60.8 cm³/mol. The van der Waals surface area contributed by atoms with E-state index in [1.165, 1.54) is 6.20 Å². The van der Waals surface area contributed by atoms with E-state index < -0.39 is 0 Å². The lowest BCUT2D eigenvalue weighted by molar-refractivity contribution is 0.0944. The number of hydrogen-bond acceptors (Lipinski definition) is 5. The van der Waals surface area contributed by atoms with E-state index >= 15 is 0 Å². The second-order valence-corrected chi connectivity index (χ2v) is 3.52. The van der Waals surface area contributed by atoms with Gasteiger partial charge in [-0.3, -0.25) is 4.79 Å². The fourth-order valence-corrected chi connectivity index (χ4v) is 1.26. The summed E-state index contributed by atoms with van der Waals surface area (Å²) >= 11 is 0. The van der Waals surface area contributed by atoms with Crippen LogP contribution < -0.4 is 11.1 Å². The minimum atomic E-state index is -0.270. The molecule has 2 heterocycles. The minimum absolute atomic E-state index is 0.270. The smallest absolute Gasteiger partial charge is 0.270 e. The molecule has 0 aliphatic heterocycles. The molecule has 2 rings (SSSR count).